The number of fused-ring (bicyclic) bond motifs is 1. The van der Waals surface area contributed by atoms with Crippen LogP contribution in [-0.2, 0) is 11.2 Å². The van der Waals surface area contributed by atoms with Crippen LogP contribution in [0.5, 0.6) is 5.75 Å². The van der Waals surface area contributed by atoms with Crippen molar-refractivity contribution in [3.05, 3.63) is 89.5 Å². The topological polar surface area (TPSA) is 75.7 Å². The molecule has 1 aliphatic heterocycles. The molecular formula is C23H18N2O4. The van der Waals surface area contributed by atoms with Gasteiger partial charge in [-0.2, -0.15) is 0 Å². The summed E-state index contributed by atoms with van der Waals surface area (Å²) in [5.41, 5.74) is 2.74. The van der Waals surface area contributed by atoms with E-state index in [2.05, 4.69) is 5.32 Å². The third-order valence-electron chi connectivity index (χ3n) is 4.73. The number of carbonyl (C=O) groups excluding carboxylic acids is 3. The second-order valence-electron chi connectivity index (χ2n) is 6.61. The molecule has 6 nitrogen and oxygen atoms in total. The van der Waals surface area contributed by atoms with Crippen molar-refractivity contribution in [1.29, 1.82) is 0 Å². The lowest BCUT2D eigenvalue weighted by molar-refractivity contribution is -0.115. The van der Waals surface area contributed by atoms with Crippen molar-refractivity contribution in [1.82, 2.24) is 0 Å². The molecule has 0 unspecified atom stereocenters. The molecule has 3 amide bonds. The second-order valence-corrected chi connectivity index (χ2v) is 6.61. The Morgan fingerprint density at radius 3 is 2.00 bits per heavy atom. The molecular weight excluding hydrogens is 368 g/mol. The number of carbonyl (C=O) groups is 3. The third-order valence-corrected chi connectivity index (χ3v) is 4.73. The Kier molecular flexibility index (Phi) is 4.83. The number of anilines is 2. The van der Waals surface area contributed by atoms with Crippen LogP contribution in [0.15, 0.2) is 72.8 Å². The lowest BCUT2D eigenvalue weighted by Gasteiger charge is -2.14. The zero-order valence-electron chi connectivity index (χ0n) is 15.7. The number of nitrogens with one attached hydrogen (secondary N) is 1. The molecule has 4 rings (SSSR count). The van der Waals surface area contributed by atoms with Gasteiger partial charge in [-0.25, -0.2) is 4.90 Å². The van der Waals surface area contributed by atoms with Gasteiger partial charge < -0.3 is 10.1 Å². The highest BCUT2D eigenvalue weighted by Crippen LogP contribution is 2.28. The van der Waals surface area contributed by atoms with Gasteiger partial charge in [-0.1, -0.05) is 24.3 Å². The molecule has 29 heavy (non-hydrogen) atoms. The maximum Gasteiger partial charge on any atom is 0.266 e. The van der Waals surface area contributed by atoms with E-state index in [0.29, 0.717) is 28.3 Å². The number of amides is 3. The largest absolute Gasteiger partial charge is 0.497 e. The van der Waals surface area contributed by atoms with E-state index in [1.165, 1.54) is 0 Å². The summed E-state index contributed by atoms with van der Waals surface area (Å²) in [5.74, 6) is -0.124. The van der Waals surface area contributed by atoms with E-state index in [1.807, 2.05) is 0 Å². The summed E-state index contributed by atoms with van der Waals surface area (Å²) in [6.45, 7) is 0. The molecule has 6 heteroatoms. The molecule has 0 aliphatic carbocycles. The summed E-state index contributed by atoms with van der Waals surface area (Å²) >= 11 is 0. The molecule has 3 aromatic rings. The number of hydrogen-bond acceptors (Lipinski definition) is 4. The van der Waals surface area contributed by atoms with E-state index in [-0.39, 0.29) is 24.1 Å². The zero-order chi connectivity index (χ0) is 20.4. The van der Waals surface area contributed by atoms with E-state index in [9.17, 15) is 14.4 Å². The van der Waals surface area contributed by atoms with Crippen LogP contribution in [0.4, 0.5) is 11.4 Å². The van der Waals surface area contributed by atoms with Gasteiger partial charge in [0.05, 0.1) is 30.3 Å². The molecule has 1 heterocycles. The van der Waals surface area contributed by atoms with Gasteiger partial charge in [0, 0.05) is 5.69 Å². The summed E-state index contributed by atoms with van der Waals surface area (Å²) in [4.78, 5) is 38.5. The fourth-order valence-corrected chi connectivity index (χ4v) is 3.25. The van der Waals surface area contributed by atoms with Gasteiger partial charge in [0.1, 0.15) is 5.75 Å². The molecule has 1 N–H and O–H groups in total. The number of imide groups is 1. The fraction of sp³-hybridized carbons (Fsp3) is 0.0870. The summed E-state index contributed by atoms with van der Waals surface area (Å²) in [5, 5.41) is 2.82. The molecule has 3 aromatic carbocycles. The Morgan fingerprint density at radius 1 is 0.862 bits per heavy atom. The van der Waals surface area contributed by atoms with E-state index in [4.69, 9.17) is 4.74 Å². The van der Waals surface area contributed by atoms with Gasteiger partial charge in [0.25, 0.3) is 11.8 Å². The van der Waals surface area contributed by atoms with Crippen LogP contribution >= 0.6 is 0 Å². The molecule has 0 saturated carbocycles. The predicted octanol–water partition coefficient (Wildman–Crippen LogP) is 3.68. The first-order chi connectivity index (χ1) is 14.1. The van der Waals surface area contributed by atoms with Crippen molar-refractivity contribution in [2.24, 2.45) is 0 Å². The van der Waals surface area contributed by atoms with Gasteiger partial charge >= 0.3 is 0 Å². The monoisotopic (exact) mass is 386 g/mol. The Balaban J connectivity index is 1.44. The van der Waals surface area contributed by atoms with Crippen LogP contribution in [0.3, 0.4) is 0 Å². The van der Waals surface area contributed by atoms with E-state index in [1.54, 1.807) is 79.9 Å². The molecule has 0 spiro atoms. The fourth-order valence-electron chi connectivity index (χ4n) is 3.25. The van der Waals surface area contributed by atoms with Crippen molar-refractivity contribution in [2.45, 2.75) is 6.42 Å². The number of nitrogens with zero attached hydrogens (tertiary/aromatic N) is 1. The lowest BCUT2D eigenvalue weighted by atomic mass is 10.1. The Labute approximate surface area is 167 Å². The van der Waals surface area contributed by atoms with Crippen LogP contribution in [-0.4, -0.2) is 24.8 Å². The van der Waals surface area contributed by atoms with Crippen LogP contribution < -0.4 is 15.0 Å². The van der Waals surface area contributed by atoms with Crippen molar-refractivity contribution >= 4 is 29.1 Å². The van der Waals surface area contributed by atoms with Gasteiger partial charge in [0.2, 0.25) is 5.91 Å². The lowest BCUT2D eigenvalue weighted by Crippen LogP contribution is -2.29. The molecule has 0 bridgehead atoms. The van der Waals surface area contributed by atoms with E-state index >= 15 is 0 Å². The summed E-state index contributed by atoms with van der Waals surface area (Å²) in [6, 6.07) is 20.7. The average Bonchev–Trinajstić information content (AvgIpc) is 3.00. The summed E-state index contributed by atoms with van der Waals surface area (Å²) in [6.07, 6.45) is 0.175. The van der Waals surface area contributed by atoms with Crippen molar-refractivity contribution in [2.75, 3.05) is 17.3 Å². The molecule has 1 aliphatic rings. The highest BCUT2D eigenvalue weighted by molar-refractivity contribution is 6.34. The van der Waals surface area contributed by atoms with Crippen molar-refractivity contribution in [3.8, 4) is 5.75 Å². The quantitative estimate of drug-likeness (QED) is 0.679. The molecule has 144 valence electrons. The maximum atomic E-state index is 12.6. The zero-order valence-corrected chi connectivity index (χ0v) is 15.7. The Bertz CT molecular complexity index is 1050. The highest BCUT2D eigenvalue weighted by Gasteiger charge is 2.36. The number of hydrogen-bond donors (Lipinski definition) is 1. The standard InChI is InChI=1S/C23H18N2O4/c1-29-18-12-8-16(9-13-18)24-21(26)14-15-6-10-17(11-7-15)25-22(27)19-4-2-3-5-20(19)23(25)28/h2-13H,14H2,1H3,(H,24,26). The van der Waals surface area contributed by atoms with Crippen LogP contribution in [0.1, 0.15) is 26.3 Å². The molecule has 0 aromatic heterocycles. The van der Waals surface area contributed by atoms with Crippen molar-refractivity contribution in [3.63, 3.8) is 0 Å². The smallest absolute Gasteiger partial charge is 0.266 e. The number of ether oxygens (including phenoxy) is 1. The van der Waals surface area contributed by atoms with Crippen molar-refractivity contribution < 1.29 is 19.1 Å². The highest BCUT2D eigenvalue weighted by atomic mass is 16.5. The Hall–Kier alpha value is -3.93. The SMILES string of the molecule is COc1ccc(NC(=O)Cc2ccc(N3C(=O)c4ccccc4C3=O)cc2)cc1. The second kappa shape index (κ2) is 7.59. The Morgan fingerprint density at radius 2 is 1.45 bits per heavy atom. The third kappa shape index (κ3) is 3.60. The normalized spacial score (nSPS) is 12.7. The number of benzene rings is 3. The average molecular weight is 386 g/mol. The van der Waals surface area contributed by atoms with Crippen LogP contribution in [0, 0.1) is 0 Å². The minimum atomic E-state index is -0.337. The summed E-state index contributed by atoms with van der Waals surface area (Å²) < 4.78 is 5.09. The maximum absolute atomic E-state index is 12.6. The first-order valence-electron chi connectivity index (χ1n) is 9.07. The first-order valence-corrected chi connectivity index (χ1v) is 9.07. The minimum absolute atomic E-state index is 0.163. The molecule has 0 atom stereocenters. The minimum Gasteiger partial charge on any atom is -0.497 e. The number of rotatable bonds is 5. The summed E-state index contributed by atoms with van der Waals surface area (Å²) in [7, 11) is 1.58. The molecule has 0 fully saturated rings. The molecule has 0 saturated heterocycles. The molecule has 0 radical (unpaired) electrons. The van der Waals surface area contributed by atoms with Gasteiger partial charge in [-0.3, -0.25) is 14.4 Å². The van der Waals surface area contributed by atoms with Gasteiger partial charge in [0.15, 0.2) is 0 Å². The van der Waals surface area contributed by atoms with Crippen LogP contribution in [0.25, 0.3) is 0 Å². The van der Waals surface area contributed by atoms with E-state index < -0.39 is 0 Å². The number of methoxy groups -OCH3 is 1. The van der Waals surface area contributed by atoms with Gasteiger partial charge in [-0.05, 0) is 54.1 Å². The predicted molar refractivity (Wildman–Crippen MR) is 109 cm³/mol. The van der Waals surface area contributed by atoms with Crippen LogP contribution in [0.2, 0.25) is 0 Å². The van der Waals surface area contributed by atoms with E-state index in [0.717, 1.165) is 10.5 Å². The first kappa shape index (κ1) is 18.4. The van der Waals surface area contributed by atoms with Gasteiger partial charge in [-0.15, -0.1) is 0 Å².